The van der Waals surface area contributed by atoms with Crippen LogP contribution in [-0.4, -0.2) is 16.2 Å². The molecule has 0 fully saturated rings. The average molecular weight is 611 g/mol. The van der Waals surface area contributed by atoms with Crippen molar-refractivity contribution >= 4 is 28.3 Å². The fourth-order valence-electron chi connectivity index (χ4n) is 7.57. The number of para-hydroxylation sites is 1. The summed E-state index contributed by atoms with van der Waals surface area (Å²) in [6.07, 6.45) is 23.0. The van der Waals surface area contributed by atoms with Crippen molar-refractivity contribution < 1.29 is 0 Å². The van der Waals surface area contributed by atoms with Gasteiger partial charge in [-0.1, -0.05) is 121 Å². The number of nitrogens with one attached hydrogen (secondary N) is 2. The van der Waals surface area contributed by atoms with E-state index in [1.165, 1.54) is 39.0 Å². The van der Waals surface area contributed by atoms with Gasteiger partial charge in [0.2, 0.25) is 0 Å². The highest BCUT2D eigenvalue weighted by atomic mass is 15.0. The van der Waals surface area contributed by atoms with Crippen LogP contribution < -0.4 is 5.32 Å². The molecule has 0 bridgehead atoms. The Kier molecular flexibility index (Phi) is 7.92. The summed E-state index contributed by atoms with van der Waals surface area (Å²) in [7, 11) is 0. The number of aromatic nitrogens is 2. The number of rotatable bonds is 6. The zero-order valence-corrected chi connectivity index (χ0v) is 26.5. The van der Waals surface area contributed by atoms with Crippen LogP contribution in [0, 0.1) is 5.41 Å². The van der Waals surface area contributed by atoms with Gasteiger partial charge in [0.05, 0.1) is 23.2 Å². The van der Waals surface area contributed by atoms with Crippen LogP contribution in [0.5, 0.6) is 0 Å². The Morgan fingerprint density at radius 1 is 0.745 bits per heavy atom. The number of fused-ring (bicyclic) bond motifs is 1. The zero-order chi connectivity index (χ0) is 31.6. The Morgan fingerprint density at radius 2 is 1.49 bits per heavy atom. The number of hydrogen-bond donors (Lipinski definition) is 2. The van der Waals surface area contributed by atoms with E-state index in [9.17, 15) is 0 Å². The second-order valence-corrected chi connectivity index (χ2v) is 12.7. The highest BCUT2D eigenvalue weighted by Crippen LogP contribution is 2.48. The third-order valence-corrected chi connectivity index (χ3v) is 9.91. The fourth-order valence-corrected chi connectivity index (χ4v) is 7.57. The van der Waals surface area contributed by atoms with Crippen molar-refractivity contribution in [2.45, 2.75) is 50.5 Å². The lowest BCUT2D eigenvalue weighted by atomic mass is 9.75. The van der Waals surface area contributed by atoms with Crippen LogP contribution in [0.2, 0.25) is 0 Å². The highest BCUT2D eigenvalue weighted by Gasteiger charge is 2.39. The molecule has 2 heterocycles. The predicted molar refractivity (Wildman–Crippen MR) is 194 cm³/mol. The van der Waals surface area contributed by atoms with Crippen LogP contribution >= 0.6 is 0 Å². The summed E-state index contributed by atoms with van der Waals surface area (Å²) in [5, 5.41) is 13.7. The largest absolute Gasteiger partial charge is 0.376 e. The van der Waals surface area contributed by atoms with E-state index in [0.29, 0.717) is 0 Å². The van der Waals surface area contributed by atoms with Crippen molar-refractivity contribution in [1.29, 1.82) is 5.41 Å². The fraction of sp³-hybridized carbons (Fsp3) is 0.186. The van der Waals surface area contributed by atoms with E-state index < -0.39 is 0 Å². The van der Waals surface area contributed by atoms with Crippen LogP contribution in [0.1, 0.15) is 73.1 Å². The van der Waals surface area contributed by atoms with Gasteiger partial charge in [0.1, 0.15) is 5.82 Å². The van der Waals surface area contributed by atoms with E-state index in [-0.39, 0.29) is 12.0 Å². The smallest absolute Gasteiger partial charge is 0.139 e. The first-order valence-electron chi connectivity index (χ1n) is 16.8. The summed E-state index contributed by atoms with van der Waals surface area (Å²) in [4.78, 5) is 10.8. The molecule has 3 aromatic carbocycles. The molecular weight excluding hydrogens is 573 g/mol. The molecule has 4 heteroatoms. The molecular formula is C43H38N4. The molecule has 2 atom stereocenters. The van der Waals surface area contributed by atoms with E-state index in [4.69, 9.17) is 15.4 Å². The normalized spacial score (nSPS) is 21.7. The van der Waals surface area contributed by atoms with Crippen molar-refractivity contribution in [2.75, 3.05) is 0 Å². The maximum atomic E-state index is 8.56. The summed E-state index contributed by atoms with van der Waals surface area (Å²) in [5.41, 5.74) is 12.9. The summed E-state index contributed by atoms with van der Waals surface area (Å²) in [6.45, 7) is 0. The van der Waals surface area contributed by atoms with Gasteiger partial charge in [0.15, 0.2) is 0 Å². The number of hydrogen-bond acceptors (Lipinski definition) is 4. The Bertz CT molecular complexity index is 2070. The van der Waals surface area contributed by atoms with Gasteiger partial charge >= 0.3 is 0 Å². The van der Waals surface area contributed by atoms with Crippen molar-refractivity contribution in [3.05, 3.63) is 178 Å². The summed E-state index contributed by atoms with van der Waals surface area (Å²) >= 11 is 0. The zero-order valence-electron chi connectivity index (χ0n) is 26.5. The Hall–Kier alpha value is -5.35. The minimum absolute atomic E-state index is 0.0946. The molecule has 8 rings (SSSR count). The van der Waals surface area contributed by atoms with E-state index in [1.54, 1.807) is 6.21 Å². The lowest BCUT2D eigenvalue weighted by molar-refractivity contribution is 0.486. The molecule has 47 heavy (non-hydrogen) atoms. The van der Waals surface area contributed by atoms with Gasteiger partial charge in [0, 0.05) is 22.9 Å². The van der Waals surface area contributed by atoms with Crippen LogP contribution in [-0.2, 0) is 0 Å². The lowest BCUT2D eigenvalue weighted by Gasteiger charge is -2.39. The third-order valence-electron chi connectivity index (χ3n) is 9.91. The molecule has 2 unspecified atom stereocenters. The van der Waals surface area contributed by atoms with Crippen molar-refractivity contribution in [2.24, 2.45) is 0 Å². The SMILES string of the molecule is N=C/C(C1=CC=CCC1)=C1\NC(c2ccccc2)C(c2nc(C3=CC=C(c4ccccc4)CC3)c3ccccc3n2)C2=C1CCC=C2. The number of allylic oxidation sites excluding steroid dienone is 12. The molecule has 0 saturated carbocycles. The van der Waals surface area contributed by atoms with Gasteiger partial charge in [-0.3, -0.25) is 0 Å². The maximum Gasteiger partial charge on any atom is 0.139 e. The Balaban J connectivity index is 1.32. The van der Waals surface area contributed by atoms with Crippen LogP contribution in [0.15, 0.2) is 155 Å². The Morgan fingerprint density at radius 3 is 2.26 bits per heavy atom. The minimum Gasteiger partial charge on any atom is -0.376 e. The van der Waals surface area contributed by atoms with Crippen molar-refractivity contribution in [1.82, 2.24) is 15.3 Å². The standard InChI is InChI=1S/C43H38N4/c44-28-37(31-16-6-2-7-17-31)42-35-21-11-10-20-34(35)39(41(46-42)32-18-8-3-9-19-32)43-45-38-23-13-12-22-36(38)40(47-43)33-26-24-30(25-27-33)29-14-4-1-5-15-29/h1-6,8-10,12-16,18-20,22-24,26,28,39,41,44,46H,7,11,17,21,25,27H2/b42-37+,44-28?. The lowest BCUT2D eigenvalue weighted by Crippen LogP contribution is -2.36. The predicted octanol–water partition coefficient (Wildman–Crippen LogP) is 10.1. The van der Waals surface area contributed by atoms with Gasteiger partial charge in [-0.15, -0.1) is 0 Å². The molecule has 2 N–H and O–H groups in total. The van der Waals surface area contributed by atoms with Gasteiger partial charge < -0.3 is 10.7 Å². The third kappa shape index (κ3) is 5.54. The molecule has 4 nitrogen and oxygen atoms in total. The Labute approximate surface area is 276 Å². The molecule has 0 spiro atoms. The first kappa shape index (κ1) is 29.1. The minimum atomic E-state index is -0.0960. The van der Waals surface area contributed by atoms with E-state index in [0.717, 1.165) is 72.2 Å². The number of benzene rings is 3. The van der Waals surface area contributed by atoms with E-state index in [2.05, 4.69) is 133 Å². The molecule has 4 aromatic rings. The van der Waals surface area contributed by atoms with Gasteiger partial charge in [-0.25, -0.2) is 9.97 Å². The molecule has 0 amide bonds. The van der Waals surface area contributed by atoms with Crippen LogP contribution in [0.25, 0.3) is 22.0 Å². The average Bonchev–Trinajstić information content (AvgIpc) is 3.15. The van der Waals surface area contributed by atoms with Crippen molar-refractivity contribution in [3.8, 4) is 0 Å². The maximum absolute atomic E-state index is 8.56. The summed E-state index contributed by atoms with van der Waals surface area (Å²) in [5.74, 6) is 0.746. The quantitative estimate of drug-likeness (QED) is 0.214. The number of nitrogens with zero attached hydrogens (tertiary/aromatic N) is 2. The van der Waals surface area contributed by atoms with Crippen LogP contribution in [0.4, 0.5) is 0 Å². The summed E-state index contributed by atoms with van der Waals surface area (Å²) in [6, 6.07) is 29.7. The first-order chi connectivity index (χ1) is 23.3. The highest BCUT2D eigenvalue weighted by molar-refractivity contribution is 5.92. The monoisotopic (exact) mass is 610 g/mol. The molecule has 3 aliphatic carbocycles. The second-order valence-electron chi connectivity index (χ2n) is 12.7. The van der Waals surface area contributed by atoms with E-state index in [1.807, 2.05) is 0 Å². The topological polar surface area (TPSA) is 61.7 Å². The molecule has 230 valence electrons. The van der Waals surface area contributed by atoms with E-state index >= 15 is 0 Å². The molecule has 0 saturated heterocycles. The molecule has 1 aliphatic heterocycles. The molecule has 0 radical (unpaired) electrons. The molecule has 1 aromatic heterocycles. The first-order valence-corrected chi connectivity index (χ1v) is 16.8. The molecule has 4 aliphatic rings. The van der Waals surface area contributed by atoms with Crippen molar-refractivity contribution in [3.63, 3.8) is 0 Å². The van der Waals surface area contributed by atoms with Gasteiger partial charge in [-0.05, 0) is 83.6 Å². The van der Waals surface area contributed by atoms with Crippen LogP contribution in [0.3, 0.4) is 0 Å². The van der Waals surface area contributed by atoms with Gasteiger partial charge in [-0.2, -0.15) is 0 Å². The van der Waals surface area contributed by atoms with Gasteiger partial charge in [0.25, 0.3) is 0 Å². The summed E-state index contributed by atoms with van der Waals surface area (Å²) < 4.78 is 0. The second kappa shape index (κ2) is 12.8.